The molecule has 0 spiro atoms. The fraction of sp³-hybridized carbons (Fsp3) is 0.294. The molecule has 0 saturated carbocycles. The van der Waals surface area contributed by atoms with E-state index in [-0.39, 0.29) is 5.82 Å². The van der Waals surface area contributed by atoms with E-state index in [0.717, 1.165) is 35.5 Å². The highest BCUT2D eigenvalue weighted by Gasteiger charge is 2.07. The molecular weight excluding hydrogens is 253 g/mol. The Kier molecular flexibility index (Phi) is 4.74. The maximum absolute atomic E-state index is 13.3. The van der Waals surface area contributed by atoms with Gasteiger partial charge in [0.2, 0.25) is 0 Å². The number of ether oxygens (including phenoxy) is 1. The third kappa shape index (κ3) is 3.17. The van der Waals surface area contributed by atoms with Crippen LogP contribution in [0, 0.1) is 12.7 Å². The molecule has 0 bridgehead atoms. The molecule has 2 aromatic carbocycles. The first kappa shape index (κ1) is 14.5. The Morgan fingerprint density at radius 2 is 1.80 bits per heavy atom. The minimum Gasteiger partial charge on any atom is -0.496 e. The summed E-state index contributed by atoms with van der Waals surface area (Å²) in [6.45, 7) is 5.51. The Morgan fingerprint density at radius 1 is 1.10 bits per heavy atom. The highest BCUT2D eigenvalue weighted by atomic mass is 19.1. The zero-order valence-corrected chi connectivity index (χ0v) is 12.2. The minimum atomic E-state index is -0.171. The van der Waals surface area contributed by atoms with Crippen LogP contribution in [-0.4, -0.2) is 13.7 Å². The van der Waals surface area contributed by atoms with Crippen LogP contribution in [-0.2, 0) is 6.54 Å². The Balaban J connectivity index is 2.38. The van der Waals surface area contributed by atoms with Crippen LogP contribution in [0.15, 0.2) is 36.4 Å². The second-order valence-corrected chi connectivity index (χ2v) is 4.77. The third-order valence-corrected chi connectivity index (χ3v) is 3.34. The van der Waals surface area contributed by atoms with Crippen molar-refractivity contribution in [3.63, 3.8) is 0 Å². The summed E-state index contributed by atoms with van der Waals surface area (Å²) in [4.78, 5) is 0. The lowest BCUT2D eigenvalue weighted by molar-refractivity contribution is 0.408. The van der Waals surface area contributed by atoms with Crippen LogP contribution < -0.4 is 10.1 Å². The Bertz CT molecular complexity index is 596. The third-order valence-electron chi connectivity index (χ3n) is 3.34. The van der Waals surface area contributed by atoms with Crippen molar-refractivity contribution in [3.8, 4) is 16.9 Å². The van der Waals surface area contributed by atoms with Gasteiger partial charge in [-0.1, -0.05) is 19.1 Å². The van der Waals surface area contributed by atoms with Crippen molar-refractivity contribution in [1.29, 1.82) is 0 Å². The van der Waals surface area contributed by atoms with Gasteiger partial charge in [0.25, 0.3) is 0 Å². The first-order chi connectivity index (χ1) is 9.65. The number of aryl methyl sites for hydroxylation is 1. The van der Waals surface area contributed by atoms with Gasteiger partial charge in [0, 0.05) is 12.1 Å². The molecule has 2 rings (SSSR count). The Morgan fingerprint density at radius 3 is 2.45 bits per heavy atom. The predicted molar refractivity (Wildman–Crippen MR) is 80.5 cm³/mol. The molecule has 2 aromatic rings. The van der Waals surface area contributed by atoms with Gasteiger partial charge in [-0.25, -0.2) is 4.39 Å². The smallest absolute Gasteiger partial charge is 0.126 e. The normalized spacial score (nSPS) is 10.6. The van der Waals surface area contributed by atoms with E-state index in [1.165, 1.54) is 6.07 Å². The number of hydrogen-bond donors (Lipinski definition) is 1. The number of benzene rings is 2. The molecule has 0 aromatic heterocycles. The summed E-state index contributed by atoms with van der Waals surface area (Å²) in [7, 11) is 1.67. The fourth-order valence-corrected chi connectivity index (χ4v) is 2.18. The van der Waals surface area contributed by atoms with Crippen molar-refractivity contribution in [1.82, 2.24) is 5.32 Å². The lowest BCUT2D eigenvalue weighted by atomic mass is 10.0. The van der Waals surface area contributed by atoms with E-state index in [9.17, 15) is 4.39 Å². The van der Waals surface area contributed by atoms with Crippen LogP contribution in [0.5, 0.6) is 5.75 Å². The molecule has 0 radical (unpaired) electrons. The average molecular weight is 273 g/mol. The van der Waals surface area contributed by atoms with Gasteiger partial charge in [0.15, 0.2) is 0 Å². The number of hydrogen-bond acceptors (Lipinski definition) is 2. The topological polar surface area (TPSA) is 21.3 Å². The fourth-order valence-electron chi connectivity index (χ4n) is 2.18. The number of methoxy groups -OCH3 is 1. The van der Waals surface area contributed by atoms with Crippen LogP contribution in [0.1, 0.15) is 18.1 Å². The van der Waals surface area contributed by atoms with Crippen LogP contribution in [0.3, 0.4) is 0 Å². The summed E-state index contributed by atoms with van der Waals surface area (Å²) in [6.07, 6.45) is 0. The van der Waals surface area contributed by atoms with Gasteiger partial charge in [-0.3, -0.25) is 0 Å². The summed E-state index contributed by atoms with van der Waals surface area (Å²) in [5, 5.41) is 3.30. The zero-order valence-electron chi connectivity index (χ0n) is 12.2. The lowest BCUT2D eigenvalue weighted by Gasteiger charge is -2.12. The maximum Gasteiger partial charge on any atom is 0.126 e. The van der Waals surface area contributed by atoms with Crippen molar-refractivity contribution in [2.24, 2.45) is 0 Å². The van der Waals surface area contributed by atoms with Crippen LogP contribution >= 0.6 is 0 Å². The van der Waals surface area contributed by atoms with Crippen molar-refractivity contribution >= 4 is 0 Å². The maximum atomic E-state index is 13.3. The number of nitrogens with one attached hydrogen (secondary N) is 1. The summed E-state index contributed by atoms with van der Waals surface area (Å²) in [5.41, 5.74) is 3.85. The second-order valence-electron chi connectivity index (χ2n) is 4.77. The van der Waals surface area contributed by atoms with Crippen LogP contribution in [0.25, 0.3) is 11.1 Å². The van der Waals surface area contributed by atoms with E-state index in [0.29, 0.717) is 5.56 Å². The Hall–Kier alpha value is -1.87. The van der Waals surface area contributed by atoms with Crippen LogP contribution in [0.4, 0.5) is 4.39 Å². The number of halogens is 1. The zero-order chi connectivity index (χ0) is 14.5. The molecule has 0 fully saturated rings. The van der Waals surface area contributed by atoms with E-state index in [1.807, 2.05) is 18.2 Å². The van der Waals surface area contributed by atoms with Gasteiger partial charge in [-0.15, -0.1) is 0 Å². The molecule has 0 atom stereocenters. The van der Waals surface area contributed by atoms with Crippen molar-refractivity contribution in [2.75, 3.05) is 13.7 Å². The molecule has 0 aliphatic rings. The van der Waals surface area contributed by atoms with Crippen molar-refractivity contribution < 1.29 is 9.13 Å². The van der Waals surface area contributed by atoms with E-state index < -0.39 is 0 Å². The molecule has 0 amide bonds. The standard InChI is InChI=1S/C17H20FNO/c1-4-19-11-15-10-14(6-8-17(15)20-3)13-5-7-16(18)12(2)9-13/h5-10,19H,4,11H2,1-3H3. The molecule has 20 heavy (non-hydrogen) atoms. The van der Waals surface area contributed by atoms with Gasteiger partial charge in [0.05, 0.1) is 7.11 Å². The van der Waals surface area contributed by atoms with Crippen molar-refractivity contribution in [3.05, 3.63) is 53.3 Å². The van der Waals surface area contributed by atoms with Gasteiger partial charge in [0.1, 0.15) is 11.6 Å². The summed E-state index contributed by atoms with van der Waals surface area (Å²) in [6, 6.07) is 11.2. The Labute approximate surface area is 119 Å². The van der Waals surface area contributed by atoms with Gasteiger partial charge in [-0.2, -0.15) is 0 Å². The van der Waals surface area contributed by atoms with Crippen LogP contribution in [0.2, 0.25) is 0 Å². The van der Waals surface area contributed by atoms with E-state index in [4.69, 9.17) is 4.74 Å². The average Bonchev–Trinajstić information content (AvgIpc) is 2.47. The van der Waals surface area contributed by atoms with E-state index in [1.54, 1.807) is 20.1 Å². The van der Waals surface area contributed by atoms with Gasteiger partial charge >= 0.3 is 0 Å². The summed E-state index contributed by atoms with van der Waals surface area (Å²) < 4.78 is 18.7. The highest BCUT2D eigenvalue weighted by Crippen LogP contribution is 2.27. The molecule has 0 heterocycles. The minimum absolute atomic E-state index is 0.171. The van der Waals surface area contributed by atoms with Gasteiger partial charge in [-0.05, 0) is 54.4 Å². The first-order valence-electron chi connectivity index (χ1n) is 6.80. The summed E-state index contributed by atoms with van der Waals surface area (Å²) >= 11 is 0. The molecule has 0 unspecified atom stereocenters. The quantitative estimate of drug-likeness (QED) is 0.891. The molecule has 0 saturated heterocycles. The van der Waals surface area contributed by atoms with Crippen molar-refractivity contribution in [2.45, 2.75) is 20.4 Å². The molecule has 3 heteroatoms. The first-order valence-corrected chi connectivity index (χ1v) is 6.80. The SMILES string of the molecule is CCNCc1cc(-c2ccc(F)c(C)c2)ccc1OC. The molecule has 0 aliphatic heterocycles. The van der Waals surface area contributed by atoms with E-state index in [2.05, 4.69) is 18.3 Å². The monoisotopic (exact) mass is 273 g/mol. The number of rotatable bonds is 5. The lowest BCUT2D eigenvalue weighted by Crippen LogP contribution is -2.12. The molecular formula is C17H20FNO. The van der Waals surface area contributed by atoms with E-state index >= 15 is 0 Å². The second kappa shape index (κ2) is 6.53. The molecule has 1 N–H and O–H groups in total. The largest absolute Gasteiger partial charge is 0.496 e. The summed E-state index contributed by atoms with van der Waals surface area (Å²) in [5.74, 6) is 0.698. The molecule has 0 aliphatic carbocycles. The molecule has 106 valence electrons. The molecule has 2 nitrogen and oxygen atoms in total. The predicted octanol–water partition coefficient (Wildman–Crippen LogP) is 3.92. The highest BCUT2D eigenvalue weighted by molar-refractivity contribution is 5.66. The van der Waals surface area contributed by atoms with Gasteiger partial charge < -0.3 is 10.1 Å².